The number of ether oxygens (including phenoxy) is 1. The van der Waals surface area contributed by atoms with Crippen molar-refractivity contribution in [3.8, 4) is 0 Å². The van der Waals surface area contributed by atoms with Crippen LogP contribution in [0.1, 0.15) is 20.8 Å². The van der Waals surface area contributed by atoms with Gasteiger partial charge in [0.15, 0.2) is 5.96 Å². The molecule has 1 heterocycles. The Morgan fingerprint density at radius 2 is 2.06 bits per heavy atom. The van der Waals surface area contributed by atoms with Crippen molar-refractivity contribution in [3.05, 3.63) is 0 Å². The number of hydrogen-bond acceptors (Lipinski definition) is 3. The maximum absolute atomic E-state index is 5.95. The summed E-state index contributed by atoms with van der Waals surface area (Å²) < 4.78 is 5.28. The summed E-state index contributed by atoms with van der Waals surface area (Å²) in [6, 6.07) is 0.569. The zero-order chi connectivity index (χ0) is 12.7. The van der Waals surface area contributed by atoms with Crippen LogP contribution in [0.2, 0.25) is 0 Å². The summed E-state index contributed by atoms with van der Waals surface area (Å²) >= 11 is 0. The molecule has 5 heteroatoms. The van der Waals surface area contributed by atoms with Gasteiger partial charge in [-0.1, -0.05) is 6.92 Å². The van der Waals surface area contributed by atoms with Gasteiger partial charge < -0.3 is 15.4 Å². The number of aliphatic imine (C=N–C) groups is 1. The predicted molar refractivity (Wildman–Crippen MR) is 71.3 cm³/mol. The Labute approximate surface area is 105 Å². The molecule has 100 valence electrons. The molecule has 0 atom stereocenters. The number of nitrogens with zero attached hydrogens (tertiary/aromatic N) is 3. The van der Waals surface area contributed by atoms with E-state index in [2.05, 4.69) is 35.6 Å². The minimum atomic E-state index is 0.569. The van der Waals surface area contributed by atoms with Gasteiger partial charge in [0.25, 0.3) is 0 Å². The molecule has 0 aromatic carbocycles. The first kappa shape index (κ1) is 14.3. The summed E-state index contributed by atoms with van der Waals surface area (Å²) in [6.07, 6.45) is 0. The topological polar surface area (TPSA) is 54.1 Å². The summed E-state index contributed by atoms with van der Waals surface area (Å²) in [5.41, 5.74) is 5.95. The molecular formula is C12H26N4O. The fourth-order valence-electron chi connectivity index (χ4n) is 1.97. The molecule has 0 aromatic heterocycles. The van der Waals surface area contributed by atoms with Gasteiger partial charge >= 0.3 is 0 Å². The van der Waals surface area contributed by atoms with Gasteiger partial charge in [0.05, 0.1) is 19.8 Å². The molecular weight excluding hydrogens is 216 g/mol. The van der Waals surface area contributed by atoms with Crippen molar-refractivity contribution in [3.63, 3.8) is 0 Å². The predicted octanol–water partition coefficient (Wildman–Crippen LogP) is 0.364. The van der Waals surface area contributed by atoms with Crippen molar-refractivity contribution >= 4 is 5.96 Å². The average Bonchev–Trinajstić information content (AvgIpc) is 2.35. The molecule has 0 saturated carbocycles. The first-order valence-corrected chi connectivity index (χ1v) is 6.51. The summed E-state index contributed by atoms with van der Waals surface area (Å²) in [4.78, 5) is 8.92. The molecule has 2 N–H and O–H groups in total. The molecule has 0 unspecified atom stereocenters. The van der Waals surface area contributed by atoms with Gasteiger partial charge in [0.2, 0.25) is 0 Å². The van der Waals surface area contributed by atoms with Crippen LogP contribution < -0.4 is 5.73 Å². The normalized spacial score (nSPS) is 18.2. The molecule has 0 aliphatic carbocycles. The summed E-state index contributed by atoms with van der Waals surface area (Å²) in [7, 11) is 0. The molecule has 0 spiro atoms. The van der Waals surface area contributed by atoms with E-state index in [-0.39, 0.29) is 0 Å². The second-order valence-electron chi connectivity index (χ2n) is 4.56. The maximum atomic E-state index is 5.95. The minimum absolute atomic E-state index is 0.569. The second kappa shape index (κ2) is 7.50. The highest BCUT2D eigenvalue weighted by atomic mass is 16.5. The van der Waals surface area contributed by atoms with E-state index in [0.717, 1.165) is 45.9 Å². The van der Waals surface area contributed by atoms with E-state index in [1.165, 1.54) is 0 Å². The van der Waals surface area contributed by atoms with E-state index in [1.54, 1.807) is 0 Å². The van der Waals surface area contributed by atoms with E-state index in [1.807, 2.05) is 0 Å². The standard InChI is InChI=1S/C12H26N4O/c1-4-15(11(2)3)6-5-14-12(13)16-7-9-17-10-8-16/h11H,4-10H2,1-3H3,(H2,13,14). The zero-order valence-corrected chi connectivity index (χ0v) is 11.4. The summed E-state index contributed by atoms with van der Waals surface area (Å²) in [6.45, 7) is 12.6. The Bertz CT molecular complexity index is 237. The highest BCUT2D eigenvalue weighted by Crippen LogP contribution is 1.98. The second-order valence-corrected chi connectivity index (χ2v) is 4.56. The number of nitrogens with two attached hydrogens (primary N) is 1. The molecule has 1 fully saturated rings. The van der Waals surface area contributed by atoms with Crippen molar-refractivity contribution in [2.24, 2.45) is 10.7 Å². The molecule has 5 nitrogen and oxygen atoms in total. The molecule has 1 aliphatic rings. The highest BCUT2D eigenvalue weighted by Gasteiger charge is 2.12. The third kappa shape index (κ3) is 4.91. The lowest BCUT2D eigenvalue weighted by Crippen LogP contribution is -2.45. The Hall–Kier alpha value is -0.810. The lowest BCUT2D eigenvalue weighted by Gasteiger charge is -2.28. The van der Waals surface area contributed by atoms with Crippen molar-refractivity contribution in [2.75, 3.05) is 45.9 Å². The van der Waals surface area contributed by atoms with Crippen molar-refractivity contribution in [1.29, 1.82) is 0 Å². The zero-order valence-electron chi connectivity index (χ0n) is 11.4. The van der Waals surface area contributed by atoms with Gasteiger partial charge in [0.1, 0.15) is 0 Å². The molecule has 0 bridgehead atoms. The van der Waals surface area contributed by atoms with Crippen LogP contribution in [0, 0.1) is 0 Å². The summed E-state index contributed by atoms with van der Waals surface area (Å²) in [5.74, 6) is 0.660. The van der Waals surface area contributed by atoms with E-state index >= 15 is 0 Å². The molecule has 17 heavy (non-hydrogen) atoms. The van der Waals surface area contributed by atoms with Crippen molar-refractivity contribution < 1.29 is 4.74 Å². The van der Waals surface area contributed by atoms with Gasteiger partial charge in [-0.25, -0.2) is 0 Å². The molecule has 0 amide bonds. The molecule has 1 aliphatic heterocycles. The van der Waals surface area contributed by atoms with Crippen LogP contribution in [0.5, 0.6) is 0 Å². The molecule has 0 aromatic rings. The Kier molecular flexibility index (Phi) is 6.29. The van der Waals surface area contributed by atoms with Crippen LogP contribution in [-0.4, -0.2) is 67.7 Å². The lowest BCUT2D eigenvalue weighted by atomic mass is 10.3. The van der Waals surface area contributed by atoms with Crippen molar-refractivity contribution in [1.82, 2.24) is 9.80 Å². The van der Waals surface area contributed by atoms with Crippen molar-refractivity contribution in [2.45, 2.75) is 26.8 Å². The molecule has 1 saturated heterocycles. The maximum Gasteiger partial charge on any atom is 0.191 e. The Morgan fingerprint density at radius 1 is 1.41 bits per heavy atom. The fourth-order valence-corrected chi connectivity index (χ4v) is 1.97. The SMILES string of the molecule is CCN(CCN=C(N)N1CCOCC1)C(C)C. The summed E-state index contributed by atoms with van der Waals surface area (Å²) in [5, 5.41) is 0. The largest absolute Gasteiger partial charge is 0.378 e. The van der Waals surface area contributed by atoms with E-state index < -0.39 is 0 Å². The van der Waals surface area contributed by atoms with Gasteiger partial charge in [0, 0.05) is 25.7 Å². The van der Waals surface area contributed by atoms with Gasteiger partial charge in [-0.3, -0.25) is 9.89 Å². The van der Waals surface area contributed by atoms with Crippen LogP contribution >= 0.6 is 0 Å². The van der Waals surface area contributed by atoms with E-state index in [4.69, 9.17) is 10.5 Å². The van der Waals surface area contributed by atoms with Crippen LogP contribution in [0.15, 0.2) is 4.99 Å². The smallest absolute Gasteiger partial charge is 0.191 e. The van der Waals surface area contributed by atoms with Crippen LogP contribution in [0.3, 0.4) is 0 Å². The third-order valence-corrected chi connectivity index (χ3v) is 3.13. The van der Waals surface area contributed by atoms with Crippen LogP contribution in [-0.2, 0) is 4.74 Å². The number of likely N-dealkylation sites (N-methyl/N-ethyl adjacent to an activating group) is 1. The van der Waals surface area contributed by atoms with E-state index in [9.17, 15) is 0 Å². The number of hydrogen-bond donors (Lipinski definition) is 1. The van der Waals surface area contributed by atoms with Crippen LogP contribution in [0.25, 0.3) is 0 Å². The third-order valence-electron chi connectivity index (χ3n) is 3.13. The number of morpholine rings is 1. The number of guanidine groups is 1. The highest BCUT2D eigenvalue weighted by molar-refractivity contribution is 5.78. The molecule has 1 rings (SSSR count). The molecule has 0 radical (unpaired) electrons. The lowest BCUT2D eigenvalue weighted by molar-refractivity contribution is 0.0674. The van der Waals surface area contributed by atoms with Gasteiger partial charge in [-0.15, -0.1) is 0 Å². The fraction of sp³-hybridized carbons (Fsp3) is 0.917. The monoisotopic (exact) mass is 242 g/mol. The van der Waals surface area contributed by atoms with E-state index in [0.29, 0.717) is 12.0 Å². The Balaban J connectivity index is 2.31. The number of rotatable bonds is 5. The quantitative estimate of drug-likeness (QED) is 0.559. The average molecular weight is 242 g/mol. The first-order valence-electron chi connectivity index (χ1n) is 6.51. The first-order chi connectivity index (χ1) is 8.15. The van der Waals surface area contributed by atoms with Crippen LogP contribution in [0.4, 0.5) is 0 Å². The van der Waals surface area contributed by atoms with Gasteiger partial charge in [-0.05, 0) is 20.4 Å². The Morgan fingerprint density at radius 3 is 2.59 bits per heavy atom. The minimum Gasteiger partial charge on any atom is -0.378 e. The van der Waals surface area contributed by atoms with Gasteiger partial charge in [-0.2, -0.15) is 0 Å².